The van der Waals surface area contributed by atoms with E-state index >= 15 is 0 Å². The highest BCUT2D eigenvalue weighted by molar-refractivity contribution is 5.77. The maximum atomic E-state index is 13.3. The number of piperidine rings is 1. The lowest BCUT2D eigenvalue weighted by Crippen LogP contribution is -2.39. The minimum absolute atomic E-state index is 0.0361. The van der Waals surface area contributed by atoms with Crippen LogP contribution in [0.4, 0.5) is 10.3 Å². The minimum Gasteiger partial charge on any atom is -0.438 e. The van der Waals surface area contributed by atoms with E-state index < -0.39 is 0 Å². The summed E-state index contributed by atoms with van der Waals surface area (Å²) in [6, 6.07) is 5.85. The molecular formula is C22H27FN4O3. The summed E-state index contributed by atoms with van der Waals surface area (Å²) < 4.78 is 24.4. The van der Waals surface area contributed by atoms with Crippen LogP contribution in [-0.2, 0) is 22.5 Å². The van der Waals surface area contributed by atoms with E-state index in [0.29, 0.717) is 43.0 Å². The highest BCUT2D eigenvalue weighted by Gasteiger charge is 2.28. The molecular weight excluding hydrogens is 387 g/mol. The first-order chi connectivity index (χ1) is 14.5. The van der Waals surface area contributed by atoms with Gasteiger partial charge in [0, 0.05) is 33.2 Å². The van der Waals surface area contributed by atoms with Crippen molar-refractivity contribution in [3.8, 4) is 11.6 Å². The summed E-state index contributed by atoms with van der Waals surface area (Å²) in [7, 11) is 1.51. The molecule has 0 atom stereocenters. The Labute approximate surface area is 175 Å². The molecule has 4 rings (SSSR count). The molecule has 0 radical (unpaired) electrons. The number of nitrogens with zero attached hydrogens (tertiary/aromatic N) is 4. The predicted molar refractivity (Wildman–Crippen MR) is 110 cm³/mol. The van der Waals surface area contributed by atoms with E-state index in [-0.39, 0.29) is 18.3 Å². The standard InChI is InChI=1S/C22H27FN4O3/c1-15-7-10-26(11-8-15)22-24-19-9-12-27(20(28)14-29-2)13-18(19)21(25-22)30-17-5-3-16(23)4-6-17/h3-6,15H,7-14H2,1-2H3. The summed E-state index contributed by atoms with van der Waals surface area (Å²) in [6.07, 6.45) is 2.84. The number of fused-ring (bicyclic) bond motifs is 1. The van der Waals surface area contributed by atoms with Gasteiger partial charge in [0.2, 0.25) is 17.7 Å². The Balaban J connectivity index is 1.66. The van der Waals surface area contributed by atoms with Crippen LogP contribution < -0.4 is 9.64 Å². The topological polar surface area (TPSA) is 67.8 Å². The summed E-state index contributed by atoms with van der Waals surface area (Å²) >= 11 is 0. The second-order valence-electron chi connectivity index (χ2n) is 7.98. The summed E-state index contributed by atoms with van der Waals surface area (Å²) in [5.41, 5.74) is 1.70. The van der Waals surface area contributed by atoms with E-state index in [1.807, 2.05) is 0 Å². The van der Waals surface area contributed by atoms with Crippen LogP contribution in [-0.4, -0.2) is 54.1 Å². The normalized spacial score (nSPS) is 17.0. The summed E-state index contributed by atoms with van der Waals surface area (Å²) in [4.78, 5) is 25.8. The Morgan fingerprint density at radius 1 is 1.17 bits per heavy atom. The maximum Gasteiger partial charge on any atom is 0.248 e. The third kappa shape index (κ3) is 4.53. The van der Waals surface area contributed by atoms with Gasteiger partial charge in [-0.15, -0.1) is 0 Å². The molecule has 1 fully saturated rings. The number of carbonyl (C=O) groups is 1. The SMILES string of the molecule is COCC(=O)N1CCc2nc(N3CCC(C)CC3)nc(Oc3ccc(F)cc3)c2C1. The van der Waals surface area contributed by atoms with Gasteiger partial charge in [-0.25, -0.2) is 9.37 Å². The number of halogens is 1. The first kappa shape index (κ1) is 20.5. The molecule has 0 saturated carbocycles. The van der Waals surface area contributed by atoms with Crippen molar-refractivity contribution >= 4 is 11.9 Å². The molecule has 30 heavy (non-hydrogen) atoms. The lowest BCUT2D eigenvalue weighted by atomic mass is 9.99. The monoisotopic (exact) mass is 414 g/mol. The van der Waals surface area contributed by atoms with Crippen LogP contribution in [0.25, 0.3) is 0 Å². The number of ether oxygens (including phenoxy) is 2. The van der Waals surface area contributed by atoms with Gasteiger partial charge in [-0.2, -0.15) is 4.98 Å². The van der Waals surface area contributed by atoms with E-state index in [2.05, 4.69) is 11.8 Å². The van der Waals surface area contributed by atoms with Gasteiger partial charge in [0.15, 0.2) is 0 Å². The zero-order valence-corrected chi connectivity index (χ0v) is 17.4. The van der Waals surface area contributed by atoms with Crippen LogP contribution in [0.3, 0.4) is 0 Å². The van der Waals surface area contributed by atoms with Gasteiger partial charge in [-0.05, 0) is 43.0 Å². The van der Waals surface area contributed by atoms with Gasteiger partial charge in [-0.1, -0.05) is 6.92 Å². The highest BCUT2D eigenvalue weighted by atomic mass is 19.1. The fourth-order valence-electron chi connectivity index (χ4n) is 3.85. The number of hydrogen-bond donors (Lipinski definition) is 0. The van der Waals surface area contributed by atoms with E-state index in [0.717, 1.165) is 37.2 Å². The molecule has 160 valence electrons. The third-order valence-corrected chi connectivity index (χ3v) is 5.73. The first-order valence-corrected chi connectivity index (χ1v) is 10.4. The molecule has 3 heterocycles. The molecule has 0 bridgehead atoms. The van der Waals surface area contributed by atoms with E-state index in [1.54, 1.807) is 17.0 Å². The fraction of sp³-hybridized carbons (Fsp3) is 0.500. The smallest absolute Gasteiger partial charge is 0.248 e. The van der Waals surface area contributed by atoms with Gasteiger partial charge in [0.05, 0.1) is 17.8 Å². The lowest BCUT2D eigenvalue weighted by Gasteiger charge is -2.33. The van der Waals surface area contributed by atoms with E-state index in [4.69, 9.17) is 19.4 Å². The Kier molecular flexibility index (Phi) is 6.13. The average Bonchev–Trinajstić information content (AvgIpc) is 2.75. The molecule has 2 aromatic rings. The molecule has 0 spiro atoms. The summed E-state index contributed by atoms with van der Waals surface area (Å²) in [6.45, 7) is 5.07. The van der Waals surface area contributed by atoms with Crippen molar-refractivity contribution in [3.63, 3.8) is 0 Å². The average molecular weight is 414 g/mol. The maximum absolute atomic E-state index is 13.3. The second kappa shape index (κ2) is 8.95. The highest BCUT2D eigenvalue weighted by Crippen LogP contribution is 2.32. The van der Waals surface area contributed by atoms with Crippen LogP contribution in [0.5, 0.6) is 11.6 Å². The molecule has 0 N–H and O–H groups in total. The summed E-state index contributed by atoms with van der Waals surface area (Å²) in [5, 5.41) is 0. The van der Waals surface area contributed by atoms with Gasteiger partial charge in [0.1, 0.15) is 18.2 Å². The van der Waals surface area contributed by atoms with Crippen molar-refractivity contribution in [1.29, 1.82) is 0 Å². The van der Waals surface area contributed by atoms with E-state index in [9.17, 15) is 9.18 Å². The largest absolute Gasteiger partial charge is 0.438 e. The minimum atomic E-state index is -0.327. The molecule has 1 saturated heterocycles. The zero-order chi connectivity index (χ0) is 21.1. The quantitative estimate of drug-likeness (QED) is 0.749. The Hall–Kier alpha value is -2.74. The van der Waals surface area contributed by atoms with Gasteiger partial charge < -0.3 is 19.3 Å². The van der Waals surface area contributed by atoms with Crippen molar-refractivity contribution in [2.24, 2.45) is 5.92 Å². The number of rotatable bonds is 5. The number of hydrogen-bond acceptors (Lipinski definition) is 6. The fourth-order valence-corrected chi connectivity index (χ4v) is 3.85. The van der Waals surface area contributed by atoms with Crippen molar-refractivity contribution < 1.29 is 18.7 Å². The number of amides is 1. The summed E-state index contributed by atoms with van der Waals surface area (Å²) in [5.74, 6) is 1.88. The van der Waals surface area contributed by atoms with Crippen LogP contribution in [0, 0.1) is 11.7 Å². The van der Waals surface area contributed by atoms with Crippen LogP contribution in [0.1, 0.15) is 31.0 Å². The third-order valence-electron chi connectivity index (χ3n) is 5.73. The number of methoxy groups -OCH3 is 1. The molecule has 7 nitrogen and oxygen atoms in total. The molecule has 0 aliphatic carbocycles. The number of anilines is 1. The molecule has 1 amide bonds. The van der Waals surface area contributed by atoms with Gasteiger partial charge >= 0.3 is 0 Å². The number of carbonyl (C=O) groups excluding carboxylic acids is 1. The molecule has 2 aliphatic rings. The molecule has 1 aromatic heterocycles. The van der Waals surface area contributed by atoms with Gasteiger partial charge in [-0.3, -0.25) is 4.79 Å². The first-order valence-electron chi connectivity index (χ1n) is 10.4. The number of aromatic nitrogens is 2. The van der Waals surface area contributed by atoms with Crippen molar-refractivity contribution in [3.05, 3.63) is 41.3 Å². The Morgan fingerprint density at radius 3 is 2.60 bits per heavy atom. The predicted octanol–water partition coefficient (Wildman–Crippen LogP) is 3.18. The van der Waals surface area contributed by atoms with Crippen molar-refractivity contribution in [2.75, 3.05) is 38.3 Å². The van der Waals surface area contributed by atoms with E-state index in [1.165, 1.54) is 19.2 Å². The second-order valence-corrected chi connectivity index (χ2v) is 7.98. The molecule has 8 heteroatoms. The van der Waals surface area contributed by atoms with Crippen LogP contribution in [0.2, 0.25) is 0 Å². The Bertz CT molecular complexity index is 898. The molecule has 0 unspecified atom stereocenters. The molecule has 1 aromatic carbocycles. The van der Waals surface area contributed by atoms with Crippen LogP contribution in [0.15, 0.2) is 24.3 Å². The van der Waals surface area contributed by atoms with Crippen molar-refractivity contribution in [2.45, 2.75) is 32.7 Å². The van der Waals surface area contributed by atoms with Gasteiger partial charge in [0.25, 0.3) is 0 Å². The number of benzene rings is 1. The van der Waals surface area contributed by atoms with Crippen molar-refractivity contribution in [1.82, 2.24) is 14.9 Å². The molecule has 2 aliphatic heterocycles. The lowest BCUT2D eigenvalue weighted by molar-refractivity contribution is -0.136. The zero-order valence-electron chi connectivity index (χ0n) is 17.4. The van der Waals surface area contributed by atoms with Crippen LogP contribution >= 0.6 is 0 Å². The Morgan fingerprint density at radius 2 is 1.90 bits per heavy atom.